The number of benzene rings is 2. The second-order valence-electron chi connectivity index (χ2n) is 7.20. The molecule has 1 amide bonds. The molecule has 0 spiro atoms. The Morgan fingerprint density at radius 3 is 2.79 bits per heavy atom. The summed E-state index contributed by atoms with van der Waals surface area (Å²) in [6.45, 7) is 2.35. The van der Waals surface area contributed by atoms with E-state index in [2.05, 4.69) is 42.6 Å². The van der Waals surface area contributed by atoms with Crippen molar-refractivity contribution in [3.63, 3.8) is 0 Å². The smallest absolute Gasteiger partial charge is 0.275 e. The van der Waals surface area contributed by atoms with Crippen LogP contribution in [0.1, 0.15) is 38.8 Å². The van der Waals surface area contributed by atoms with Crippen molar-refractivity contribution in [2.75, 3.05) is 11.7 Å². The lowest BCUT2D eigenvalue weighted by atomic mass is 9.91. The number of amides is 1. The fourth-order valence-electron chi connectivity index (χ4n) is 4.19. The predicted octanol–water partition coefficient (Wildman–Crippen LogP) is 2.90. The third kappa shape index (κ3) is 2.73. The van der Waals surface area contributed by atoms with Gasteiger partial charge in [0, 0.05) is 22.9 Å². The standard InChI is InChI=1S/C22H19N3O3S/c1-13-5-4-6-14-11-29-17-8-3-2-7-15(17)19(18(13)14)25-12-23-22(28)20-21(27)16(26)9-10-24(20)25/h2-10,19,27H,11-12H2,1H3,(H,23,28)/t19-/m1/s1. The molecule has 146 valence electrons. The van der Waals surface area contributed by atoms with E-state index >= 15 is 0 Å². The fraction of sp³-hybridized carbons (Fsp3) is 0.182. The molecule has 2 aliphatic rings. The Labute approximate surface area is 171 Å². The van der Waals surface area contributed by atoms with Crippen LogP contribution in [0.5, 0.6) is 5.75 Å². The normalized spacial score (nSPS) is 17.6. The number of aromatic nitrogens is 1. The van der Waals surface area contributed by atoms with Gasteiger partial charge in [-0.2, -0.15) is 0 Å². The summed E-state index contributed by atoms with van der Waals surface area (Å²) in [6.07, 6.45) is 1.56. The van der Waals surface area contributed by atoms with E-state index in [0.717, 1.165) is 16.9 Å². The van der Waals surface area contributed by atoms with Gasteiger partial charge < -0.3 is 10.4 Å². The van der Waals surface area contributed by atoms with Gasteiger partial charge in [-0.15, -0.1) is 11.8 Å². The van der Waals surface area contributed by atoms with Crippen LogP contribution >= 0.6 is 11.8 Å². The van der Waals surface area contributed by atoms with Crippen LogP contribution < -0.4 is 15.8 Å². The number of carbonyl (C=O) groups is 1. The number of pyridine rings is 1. The molecule has 0 saturated heterocycles. The summed E-state index contributed by atoms with van der Waals surface area (Å²) < 4.78 is 1.61. The number of aryl methyl sites for hydroxylation is 1. The highest BCUT2D eigenvalue weighted by Crippen LogP contribution is 2.43. The molecular weight excluding hydrogens is 386 g/mol. The lowest BCUT2D eigenvalue weighted by Gasteiger charge is -2.40. The molecule has 1 atom stereocenters. The molecular formula is C22H19N3O3S. The third-order valence-corrected chi connectivity index (χ3v) is 6.67. The van der Waals surface area contributed by atoms with Gasteiger partial charge >= 0.3 is 0 Å². The molecule has 0 bridgehead atoms. The summed E-state index contributed by atoms with van der Waals surface area (Å²) in [5.41, 5.74) is 4.11. The number of thioether (sulfide) groups is 1. The van der Waals surface area contributed by atoms with Crippen LogP contribution in [-0.4, -0.2) is 22.4 Å². The minimum absolute atomic E-state index is 0.0340. The first-order chi connectivity index (χ1) is 14.1. The maximum Gasteiger partial charge on any atom is 0.275 e. The predicted molar refractivity (Wildman–Crippen MR) is 112 cm³/mol. The van der Waals surface area contributed by atoms with E-state index in [0.29, 0.717) is 0 Å². The first-order valence-electron chi connectivity index (χ1n) is 9.36. The van der Waals surface area contributed by atoms with Crippen LogP contribution in [0.15, 0.2) is 64.4 Å². The second-order valence-corrected chi connectivity index (χ2v) is 8.22. The van der Waals surface area contributed by atoms with Crippen LogP contribution in [-0.2, 0) is 5.75 Å². The first kappa shape index (κ1) is 17.9. The van der Waals surface area contributed by atoms with Gasteiger partial charge in [0.25, 0.3) is 5.91 Å². The average molecular weight is 405 g/mol. The van der Waals surface area contributed by atoms with E-state index in [1.165, 1.54) is 22.1 Å². The quantitative estimate of drug-likeness (QED) is 0.651. The number of fused-ring (bicyclic) bond motifs is 3. The molecule has 6 nitrogen and oxygen atoms in total. The minimum Gasteiger partial charge on any atom is -0.502 e. The average Bonchev–Trinajstić information content (AvgIpc) is 2.89. The van der Waals surface area contributed by atoms with E-state index in [1.54, 1.807) is 22.6 Å². The molecule has 0 saturated carbocycles. The maximum atomic E-state index is 12.5. The van der Waals surface area contributed by atoms with Crippen molar-refractivity contribution in [2.24, 2.45) is 0 Å². The molecule has 1 aromatic heterocycles. The molecule has 0 radical (unpaired) electrons. The van der Waals surface area contributed by atoms with Crippen LogP contribution in [0, 0.1) is 6.92 Å². The zero-order valence-corrected chi connectivity index (χ0v) is 16.6. The van der Waals surface area contributed by atoms with Crippen molar-refractivity contribution < 1.29 is 9.90 Å². The molecule has 0 aliphatic carbocycles. The zero-order valence-electron chi connectivity index (χ0n) is 15.8. The monoisotopic (exact) mass is 405 g/mol. The van der Waals surface area contributed by atoms with Crippen molar-refractivity contribution in [3.8, 4) is 5.75 Å². The van der Waals surface area contributed by atoms with E-state index in [9.17, 15) is 14.7 Å². The number of rotatable bonds is 1. The van der Waals surface area contributed by atoms with Crippen molar-refractivity contribution in [1.29, 1.82) is 0 Å². The number of nitrogens with zero attached hydrogens (tertiary/aromatic N) is 2. The topological polar surface area (TPSA) is 74.6 Å². The van der Waals surface area contributed by atoms with Gasteiger partial charge in [0.15, 0.2) is 11.4 Å². The van der Waals surface area contributed by atoms with E-state index in [4.69, 9.17) is 0 Å². The minimum atomic E-state index is -0.568. The number of hydrogen-bond donors (Lipinski definition) is 2. The number of carbonyl (C=O) groups excluding carboxylic acids is 1. The Morgan fingerprint density at radius 1 is 1.10 bits per heavy atom. The van der Waals surface area contributed by atoms with Gasteiger partial charge in [-0.25, -0.2) is 0 Å². The van der Waals surface area contributed by atoms with Gasteiger partial charge in [-0.1, -0.05) is 36.4 Å². The molecule has 2 N–H and O–H groups in total. The van der Waals surface area contributed by atoms with E-state index in [1.807, 2.05) is 17.1 Å². The molecule has 2 aromatic carbocycles. The van der Waals surface area contributed by atoms with Crippen molar-refractivity contribution in [1.82, 2.24) is 9.99 Å². The summed E-state index contributed by atoms with van der Waals surface area (Å²) in [6, 6.07) is 15.7. The lowest BCUT2D eigenvalue weighted by molar-refractivity contribution is 0.0915. The SMILES string of the molecule is Cc1cccc2c1[C@H](N1CNC(=O)c3c(O)c(=O)ccn31)c1ccccc1SC2. The van der Waals surface area contributed by atoms with Crippen molar-refractivity contribution >= 4 is 17.7 Å². The van der Waals surface area contributed by atoms with Gasteiger partial charge in [0.1, 0.15) is 6.67 Å². The number of aromatic hydroxyl groups is 1. The molecule has 0 fully saturated rings. The highest BCUT2D eigenvalue weighted by Gasteiger charge is 2.35. The molecule has 0 unspecified atom stereocenters. The van der Waals surface area contributed by atoms with Gasteiger partial charge in [-0.05, 0) is 35.2 Å². The van der Waals surface area contributed by atoms with Gasteiger partial charge in [-0.3, -0.25) is 19.3 Å². The van der Waals surface area contributed by atoms with E-state index < -0.39 is 17.1 Å². The number of nitrogens with one attached hydrogen (secondary N) is 1. The van der Waals surface area contributed by atoms with Crippen molar-refractivity contribution in [2.45, 2.75) is 23.6 Å². The largest absolute Gasteiger partial charge is 0.502 e. The molecule has 3 aromatic rings. The fourth-order valence-corrected chi connectivity index (χ4v) is 5.27. The Bertz CT molecular complexity index is 1200. The Kier molecular flexibility index (Phi) is 4.13. The lowest BCUT2D eigenvalue weighted by Crippen LogP contribution is -2.53. The highest BCUT2D eigenvalue weighted by atomic mass is 32.2. The summed E-state index contributed by atoms with van der Waals surface area (Å²) >= 11 is 1.79. The summed E-state index contributed by atoms with van der Waals surface area (Å²) in [4.78, 5) is 25.6. The second kappa shape index (κ2) is 6.70. The Balaban J connectivity index is 1.80. The Hall–Kier alpha value is -3.19. The molecule has 5 rings (SSSR count). The molecule has 2 aliphatic heterocycles. The van der Waals surface area contributed by atoms with Crippen LogP contribution in [0.25, 0.3) is 0 Å². The van der Waals surface area contributed by atoms with Crippen molar-refractivity contribution in [3.05, 3.63) is 92.9 Å². The van der Waals surface area contributed by atoms with Crippen LogP contribution in [0.4, 0.5) is 0 Å². The maximum absolute atomic E-state index is 12.5. The van der Waals surface area contributed by atoms with Gasteiger partial charge in [0.2, 0.25) is 5.43 Å². The Morgan fingerprint density at radius 2 is 1.93 bits per heavy atom. The van der Waals surface area contributed by atoms with Crippen LogP contribution in [0.3, 0.4) is 0 Å². The summed E-state index contributed by atoms with van der Waals surface area (Å²) in [7, 11) is 0. The van der Waals surface area contributed by atoms with E-state index in [-0.39, 0.29) is 18.4 Å². The molecule has 29 heavy (non-hydrogen) atoms. The summed E-state index contributed by atoms with van der Waals surface area (Å²) in [5.74, 6) is -0.138. The zero-order chi connectivity index (χ0) is 20.1. The summed E-state index contributed by atoms with van der Waals surface area (Å²) in [5, 5.41) is 15.1. The molecule has 7 heteroatoms. The first-order valence-corrected chi connectivity index (χ1v) is 10.3. The number of hydrogen-bond acceptors (Lipinski definition) is 5. The third-order valence-electron chi connectivity index (χ3n) is 5.53. The molecule has 3 heterocycles. The van der Waals surface area contributed by atoms with Gasteiger partial charge in [0.05, 0.1) is 6.04 Å². The van der Waals surface area contributed by atoms with Crippen LogP contribution in [0.2, 0.25) is 0 Å². The highest BCUT2D eigenvalue weighted by molar-refractivity contribution is 7.98.